The lowest BCUT2D eigenvalue weighted by atomic mass is 10.0. The van der Waals surface area contributed by atoms with Gasteiger partial charge in [0.1, 0.15) is 6.04 Å². The third kappa shape index (κ3) is 5.45. The molecule has 21 heavy (non-hydrogen) atoms. The summed E-state index contributed by atoms with van der Waals surface area (Å²) < 4.78 is 0. The van der Waals surface area contributed by atoms with Crippen LogP contribution in [-0.4, -0.2) is 23.1 Å². The highest BCUT2D eigenvalue weighted by Gasteiger charge is 2.20. The number of unbranched alkanes of at least 4 members (excludes halogenated alkanes) is 1. The van der Waals surface area contributed by atoms with Crippen molar-refractivity contribution in [1.29, 1.82) is 0 Å². The van der Waals surface area contributed by atoms with E-state index in [4.69, 9.17) is 5.11 Å². The number of carboxylic acids is 1. The lowest BCUT2D eigenvalue weighted by Gasteiger charge is -2.19. The number of urea groups is 1. The summed E-state index contributed by atoms with van der Waals surface area (Å²) in [6.45, 7) is 5.84. The fraction of sp³-hybridized carbons (Fsp3) is 0.500. The third-order valence-electron chi connectivity index (χ3n) is 3.45. The van der Waals surface area contributed by atoms with Crippen molar-refractivity contribution in [2.24, 2.45) is 0 Å². The first kappa shape index (κ1) is 17.0. The number of hydrogen-bond donors (Lipinski definition) is 3. The van der Waals surface area contributed by atoms with E-state index >= 15 is 0 Å². The molecule has 1 aromatic carbocycles. The van der Waals surface area contributed by atoms with E-state index in [2.05, 4.69) is 10.6 Å². The maximum absolute atomic E-state index is 11.9. The summed E-state index contributed by atoms with van der Waals surface area (Å²) in [5, 5.41) is 14.4. The van der Waals surface area contributed by atoms with Crippen LogP contribution in [0.3, 0.4) is 0 Å². The predicted molar refractivity (Wildman–Crippen MR) is 82.2 cm³/mol. The van der Waals surface area contributed by atoms with Gasteiger partial charge in [-0.05, 0) is 31.4 Å². The summed E-state index contributed by atoms with van der Waals surface area (Å²) in [5.74, 6) is -0.998. The van der Waals surface area contributed by atoms with Crippen LogP contribution >= 0.6 is 0 Å². The maximum atomic E-state index is 11.9. The molecule has 2 amide bonds. The Kier molecular flexibility index (Phi) is 6.72. The van der Waals surface area contributed by atoms with Gasteiger partial charge in [-0.15, -0.1) is 0 Å². The second-order valence-electron chi connectivity index (χ2n) is 5.23. The summed E-state index contributed by atoms with van der Waals surface area (Å²) in [6.07, 6.45) is 2.11. The van der Waals surface area contributed by atoms with Gasteiger partial charge in [-0.2, -0.15) is 0 Å². The number of amides is 2. The zero-order chi connectivity index (χ0) is 15.8. The van der Waals surface area contributed by atoms with E-state index in [1.807, 2.05) is 45.0 Å². The van der Waals surface area contributed by atoms with Gasteiger partial charge in [-0.1, -0.05) is 44.0 Å². The molecule has 5 heteroatoms. The minimum atomic E-state index is -0.998. The molecule has 0 aliphatic heterocycles. The minimum absolute atomic E-state index is 0.174. The van der Waals surface area contributed by atoms with Gasteiger partial charge >= 0.3 is 12.0 Å². The average molecular weight is 292 g/mol. The molecule has 0 heterocycles. The normalized spacial score (nSPS) is 13.3. The number of carbonyl (C=O) groups excluding carboxylic acids is 1. The van der Waals surface area contributed by atoms with E-state index < -0.39 is 18.0 Å². The van der Waals surface area contributed by atoms with E-state index in [0.29, 0.717) is 6.42 Å². The Balaban J connectivity index is 2.59. The number of benzene rings is 1. The molecule has 2 unspecified atom stereocenters. The Bertz CT molecular complexity index is 488. The van der Waals surface area contributed by atoms with Crippen molar-refractivity contribution in [3.63, 3.8) is 0 Å². The molecular weight excluding hydrogens is 268 g/mol. The number of nitrogens with one attached hydrogen (secondary N) is 2. The van der Waals surface area contributed by atoms with Crippen LogP contribution in [0.5, 0.6) is 0 Å². The van der Waals surface area contributed by atoms with Gasteiger partial charge in [0.25, 0.3) is 0 Å². The number of rotatable bonds is 7. The molecule has 0 saturated carbocycles. The molecule has 0 aromatic heterocycles. The summed E-state index contributed by atoms with van der Waals surface area (Å²) in [5.41, 5.74) is 2.11. The molecule has 0 radical (unpaired) electrons. The molecular formula is C16H24N2O3. The first-order valence-electron chi connectivity index (χ1n) is 7.31. The van der Waals surface area contributed by atoms with E-state index in [0.717, 1.165) is 24.0 Å². The minimum Gasteiger partial charge on any atom is -0.480 e. The van der Waals surface area contributed by atoms with Crippen LogP contribution < -0.4 is 10.6 Å². The monoisotopic (exact) mass is 292 g/mol. The zero-order valence-corrected chi connectivity index (χ0v) is 12.8. The molecule has 116 valence electrons. The Morgan fingerprint density at radius 3 is 2.48 bits per heavy atom. The molecule has 5 nitrogen and oxygen atoms in total. The van der Waals surface area contributed by atoms with Crippen molar-refractivity contribution in [1.82, 2.24) is 10.6 Å². The van der Waals surface area contributed by atoms with E-state index in [1.165, 1.54) is 0 Å². The quantitative estimate of drug-likeness (QED) is 0.723. The molecule has 0 saturated heterocycles. The molecule has 0 spiro atoms. The smallest absolute Gasteiger partial charge is 0.326 e. The van der Waals surface area contributed by atoms with Crippen LogP contribution in [0.15, 0.2) is 24.3 Å². The SMILES string of the molecule is CCCCC(NC(=O)NC(C)c1ccccc1C)C(=O)O. The van der Waals surface area contributed by atoms with Gasteiger partial charge in [0.15, 0.2) is 0 Å². The van der Waals surface area contributed by atoms with Crippen LogP contribution in [0.4, 0.5) is 4.79 Å². The number of aliphatic carboxylic acids is 1. The summed E-state index contributed by atoms with van der Waals surface area (Å²) in [7, 11) is 0. The molecule has 1 aromatic rings. The van der Waals surface area contributed by atoms with Crippen LogP contribution in [-0.2, 0) is 4.79 Å². The van der Waals surface area contributed by atoms with Gasteiger partial charge in [0, 0.05) is 0 Å². The Labute approximate surface area is 125 Å². The van der Waals surface area contributed by atoms with Crippen LogP contribution in [0, 0.1) is 6.92 Å². The third-order valence-corrected chi connectivity index (χ3v) is 3.45. The summed E-state index contributed by atoms with van der Waals surface area (Å²) in [6, 6.07) is 6.32. The first-order valence-corrected chi connectivity index (χ1v) is 7.31. The van der Waals surface area contributed by atoms with Crippen LogP contribution in [0.2, 0.25) is 0 Å². The van der Waals surface area contributed by atoms with Crippen molar-refractivity contribution in [3.8, 4) is 0 Å². The van der Waals surface area contributed by atoms with Gasteiger partial charge in [0.05, 0.1) is 6.04 Å². The number of aryl methyl sites for hydroxylation is 1. The van der Waals surface area contributed by atoms with E-state index in [9.17, 15) is 9.59 Å². The second-order valence-corrected chi connectivity index (χ2v) is 5.23. The highest BCUT2D eigenvalue weighted by atomic mass is 16.4. The molecule has 2 atom stereocenters. The summed E-state index contributed by atoms with van der Waals surface area (Å²) >= 11 is 0. The van der Waals surface area contributed by atoms with Crippen molar-refractivity contribution >= 4 is 12.0 Å². The molecule has 0 aliphatic rings. The van der Waals surface area contributed by atoms with Gasteiger partial charge in [-0.25, -0.2) is 9.59 Å². The lowest BCUT2D eigenvalue weighted by molar-refractivity contribution is -0.139. The fourth-order valence-corrected chi connectivity index (χ4v) is 2.21. The second kappa shape index (κ2) is 8.29. The van der Waals surface area contributed by atoms with Gasteiger partial charge in [0.2, 0.25) is 0 Å². The highest BCUT2D eigenvalue weighted by Crippen LogP contribution is 2.16. The van der Waals surface area contributed by atoms with Crippen LogP contribution in [0.1, 0.15) is 50.3 Å². The van der Waals surface area contributed by atoms with Crippen molar-refractivity contribution in [2.45, 2.75) is 52.1 Å². The standard InChI is InChI=1S/C16H24N2O3/c1-4-5-10-14(15(19)20)18-16(21)17-12(3)13-9-7-6-8-11(13)2/h6-9,12,14H,4-5,10H2,1-3H3,(H,19,20)(H2,17,18,21). The van der Waals surface area contributed by atoms with Crippen molar-refractivity contribution in [3.05, 3.63) is 35.4 Å². The number of carbonyl (C=O) groups is 2. The topological polar surface area (TPSA) is 78.4 Å². The first-order chi connectivity index (χ1) is 9.95. The molecule has 0 bridgehead atoms. The number of hydrogen-bond acceptors (Lipinski definition) is 2. The average Bonchev–Trinajstić information content (AvgIpc) is 2.43. The molecule has 1 rings (SSSR count). The lowest BCUT2D eigenvalue weighted by Crippen LogP contribution is -2.46. The van der Waals surface area contributed by atoms with Crippen LogP contribution in [0.25, 0.3) is 0 Å². The molecule has 0 aliphatic carbocycles. The predicted octanol–water partition coefficient (Wildman–Crippen LogP) is 3.00. The van der Waals surface area contributed by atoms with Crippen molar-refractivity contribution in [2.75, 3.05) is 0 Å². The van der Waals surface area contributed by atoms with E-state index in [1.54, 1.807) is 0 Å². The maximum Gasteiger partial charge on any atom is 0.326 e. The molecule has 3 N–H and O–H groups in total. The summed E-state index contributed by atoms with van der Waals surface area (Å²) in [4.78, 5) is 23.0. The van der Waals surface area contributed by atoms with Gasteiger partial charge < -0.3 is 15.7 Å². The van der Waals surface area contributed by atoms with E-state index in [-0.39, 0.29) is 6.04 Å². The molecule has 0 fully saturated rings. The fourth-order valence-electron chi connectivity index (χ4n) is 2.21. The Morgan fingerprint density at radius 1 is 1.24 bits per heavy atom. The highest BCUT2D eigenvalue weighted by molar-refractivity contribution is 5.82. The van der Waals surface area contributed by atoms with Crippen molar-refractivity contribution < 1.29 is 14.7 Å². The van der Waals surface area contributed by atoms with Gasteiger partial charge in [-0.3, -0.25) is 0 Å². The zero-order valence-electron chi connectivity index (χ0n) is 12.8. The largest absolute Gasteiger partial charge is 0.480 e. The number of carboxylic acid groups (broad SMARTS) is 1. The Morgan fingerprint density at radius 2 is 1.90 bits per heavy atom. The Hall–Kier alpha value is -2.04.